The van der Waals surface area contributed by atoms with Crippen molar-refractivity contribution in [1.29, 1.82) is 0 Å². The van der Waals surface area contributed by atoms with Crippen molar-refractivity contribution in [2.75, 3.05) is 0 Å². The Morgan fingerprint density at radius 3 is 1.29 bits per heavy atom. The normalized spacial score (nSPS) is 16.1. The van der Waals surface area contributed by atoms with Crippen molar-refractivity contribution in [3.8, 4) is 0 Å². The SMILES string of the molecule is C[C@@H](N)C(F)(F)C(F)(F)C(F)(F)F.Cl. The van der Waals surface area contributed by atoms with Gasteiger partial charge in [-0.15, -0.1) is 12.4 Å². The van der Waals surface area contributed by atoms with Gasteiger partial charge in [0, 0.05) is 0 Å². The smallest absolute Gasteiger partial charge is 0.323 e. The highest BCUT2D eigenvalue weighted by Gasteiger charge is 2.74. The molecule has 0 unspecified atom stereocenters. The van der Waals surface area contributed by atoms with Crippen molar-refractivity contribution in [1.82, 2.24) is 0 Å². The van der Waals surface area contributed by atoms with Crippen LogP contribution in [0.4, 0.5) is 30.7 Å². The van der Waals surface area contributed by atoms with Crippen LogP contribution < -0.4 is 5.73 Å². The highest BCUT2D eigenvalue weighted by molar-refractivity contribution is 5.85. The zero-order chi connectivity index (χ0) is 11.1. The molecule has 0 heterocycles. The monoisotopic (exact) mass is 249 g/mol. The van der Waals surface area contributed by atoms with Crippen LogP contribution in [0.2, 0.25) is 0 Å². The number of halogens is 8. The molecule has 0 aromatic rings. The second kappa shape index (κ2) is 4.09. The zero-order valence-electron chi connectivity index (χ0n) is 6.71. The molecule has 0 fully saturated rings. The maximum absolute atomic E-state index is 12.2. The number of nitrogens with two attached hydrogens (primary N) is 1. The predicted molar refractivity (Wildman–Crippen MR) is 36.8 cm³/mol. The molecule has 0 saturated heterocycles. The molecule has 14 heavy (non-hydrogen) atoms. The first kappa shape index (κ1) is 16.2. The van der Waals surface area contributed by atoms with Crippen LogP contribution in [0, 0.1) is 0 Å². The molecule has 1 atom stereocenters. The summed E-state index contributed by atoms with van der Waals surface area (Å²) in [7, 11) is 0. The Kier molecular flexibility index (Phi) is 4.74. The van der Waals surface area contributed by atoms with Gasteiger partial charge in [0.2, 0.25) is 0 Å². The lowest BCUT2D eigenvalue weighted by Gasteiger charge is -2.30. The second-order valence-electron chi connectivity index (χ2n) is 2.48. The van der Waals surface area contributed by atoms with Gasteiger partial charge < -0.3 is 5.73 Å². The maximum atomic E-state index is 12.2. The van der Waals surface area contributed by atoms with Gasteiger partial charge in [0.1, 0.15) is 0 Å². The molecule has 0 amide bonds. The Morgan fingerprint density at radius 1 is 0.929 bits per heavy atom. The van der Waals surface area contributed by atoms with E-state index >= 15 is 0 Å². The van der Waals surface area contributed by atoms with Crippen LogP contribution in [0.5, 0.6) is 0 Å². The van der Waals surface area contributed by atoms with Crippen LogP contribution in [0.25, 0.3) is 0 Å². The van der Waals surface area contributed by atoms with Gasteiger partial charge in [0.05, 0.1) is 6.04 Å². The molecular weight excluding hydrogens is 243 g/mol. The highest BCUT2D eigenvalue weighted by Crippen LogP contribution is 2.47. The number of hydrogen-bond acceptors (Lipinski definition) is 1. The molecule has 0 rings (SSSR count). The van der Waals surface area contributed by atoms with E-state index in [9.17, 15) is 30.7 Å². The topological polar surface area (TPSA) is 26.0 Å². The summed E-state index contributed by atoms with van der Waals surface area (Å²) in [4.78, 5) is 0. The van der Waals surface area contributed by atoms with E-state index in [1.165, 1.54) is 0 Å². The van der Waals surface area contributed by atoms with Gasteiger partial charge in [-0.3, -0.25) is 0 Å². The first-order valence-corrected chi connectivity index (χ1v) is 3.02. The number of hydrogen-bond donors (Lipinski definition) is 1. The van der Waals surface area contributed by atoms with E-state index in [1.807, 2.05) is 0 Å². The van der Waals surface area contributed by atoms with E-state index in [0.717, 1.165) is 0 Å². The molecule has 2 N–H and O–H groups in total. The third-order valence-corrected chi connectivity index (χ3v) is 1.35. The molecular formula is C5H7ClF7N. The summed E-state index contributed by atoms with van der Waals surface area (Å²) in [5, 5.41) is 0. The molecule has 0 aromatic heterocycles. The molecule has 0 aliphatic carbocycles. The predicted octanol–water partition coefficient (Wildman–Crippen LogP) is 2.59. The largest absolute Gasteiger partial charge is 0.459 e. The van der Waals surface area contributed by atoms with Crippen LogP contribution in [-0.2, 0) is 0 Å². The summed E-state index contributed by atoms with van der Waals surface area (Å²) in [5.41, 5.74) is 4.32. The molecule has 0 saturated carbocycles. The first-order chi connectivity index (χ1) is 5.44. The summed E-state index contributed by atoms with van der Waals surface area (Å²) in [6.45, 7) is 0.375. The van der Waals surface area contributed by atoms with Crippen molar-refractivity contribution in [3.63, 3.8) is 0 Å². The lowest BCUT2D eigenvalue weighted by Crippen LogP contribution is -2.59. The third kappa shape index (κ3) is 2.41. The number of rotatable bonds is 2. The number of alkyl halides is 7. The van der Waals surface area contributed by atoms with Crippen LogP contribution >= 0.6 is 12.4 Å². The third-order valence-electron chi connectivity index (χ3n) is 1.35. The molecule has 9 heteroatoms. The fourth-order valence-corrected chi connectivity index (χ4v) is 0.475. The van der Waals surface area contributed by atoms with E-state index in [2.05, 4.69) is 5.73 Å². The van der Waals surface area contributed by atoms with Crippen LogP contribution in [0.3, 0.4) is 0 Å². The van der Waals surface area contributed by atoms with Crippen LogP contribution in [0.15, 0.2) is 0 Å². The standard InChI is InChI=1S/C5H6F7N.ClH/c1-2(13)3(6,7)4(8,9)5(10,11)12;/h2H,13H2,1H3;1H/t2-;/m1./s1. The lowest BCUT2D eigenvalue weighted by molar-refractivity contribution is -0.357. The van der Waals surface area contributed by atoms with Crippen molar-refractivity contribution in [3.05, 3.63) is 0 Å². The summed E-state index contributed by atoms with van der Waals surface area (Å²) in [6.07, 6.45) is -6.30. The Labute approximate surface area is 80.9 Å². The summed E-state index contributed by atoms with van der Waals surface area (Å²) < 4.78 is 82.7. The van der Waals surface area contributed by atoms with E-state index in [0.29, 0.717) is 6.92 Å². The van der Waals surface area contributed by atoms with Gasteiger partial charge in [0.25, 0.3) is 0 Å². The lowest BCUT2D eigenvalue weighted by atomic mass is 10.1. The minimum atomic E-state index is -6.30. The van der Waals surface area contributed by atoms with Gasteiger partial charge in [0.15, 0.2) is 0 Å². The Balaban J connectivity index is 0. The first-order valence-electron chi connectivity index (χ1n) is 3.02. The molecule has 0 aromatic carbocycles. The average Bonchev–Trinajstić information content (AvgIpc) is 1.84. The minimum absolute atomic E-state index is 0. The molecule has 0 spiro atoms. The second-order valence-corrected chi connectivity index (χ2v) is 2.48. The molecule has 0 aliphatic rings. The van der Waals surface area contributed by atoms with Gasteiger partial charge in [-0.05, 0) is 6.92 Å². The molecule has 1 nitrogen and oxygen atoms in total. The van der Waals surface area contributed by atoms with E-state index in [1.54, 1.807) is 0 Å². The fourth-order valence-electron chi connectivity index (χ4n) is 0.475. The van der Waals surface area contributed by atoms with Crippen LogP contribution in [-0.4, -0.2) is 24.1 Å². The van der Waals surface area contributed by atoms with Crippen LogP contribution in [0.1, 0.15) is 6.92 Å². The fraction of sp³-hybridized carbons (Fsp3) is 1.00. The van der Waals surface area contributed by atoms with Gasteiger partial charge >= 0.3 is 18.0 Å². The van der Waals surface area contributed by atoms with Crippen molar-refractivity contribution in [2.24, 2.45) is 5.73 Å². The van der Waals surface area contributed by atoms with Gasteiger partial charge in [-0.1, -0.05) is 0 Å². The maximum Gasteiger partial charge on any atom is 0.459 e. The summed E-state index contributed by atoms with van der Waals surface area (Å²) in [6, 6.07) is -2.58. The van der Waals surface area contributed by atoms with E-state index in [-0.39, 0.29) is 12.4 Å². The Hall–Kier alpha value is -0.240. The van der Waals surface area contributed by atoms with Gasteiger partial charge in [-0.25, -0.2) is 0 Å². The Morgan fingerprint density at radius 2 is 1.21 bits per heavy atom. The van der Waals surface area contributed by atoms with Gasteiger partial charge in [-0.2, -0.15) is 30.7 Å². The van der Waals surface area contributed by atoms with Crippen molar-refractivity contribution < 1.29 is 30.7 Å². The van der Waals surface area contributed by atoms with Crippen molar-refractivity contribution in [2.45, 2.75) is 31.0 Å². The molecule has 0 aliphatic heterocycles. The zero-order valence-corrected chi connectivity index (χ0v) is 7.53. The summed E-state index contributed by atoms with van der Waals surface area (Å²) in [5.74, 6) is -11.4. The van der Waals surface area contributed by atoms with Crippen molar-refractivity contribution >= 4 is 12.4 Å². The molecule has 0 bridgehead atoms. The molecule has 88 valence electrons. The summed E-state index contributed by atoms with van der Waals surface area (Å²) >= 11 is 0. The van der Waals surface area contributed by atoms with E-state index < -0.39 is 24.1 Å². The molecule has 0 radical (unpaired) electrons. The highest BCUT2D eigenvalue weighted by atomic mass is 35.5. The van der Waals surface area contributed by atoms with E-state index in [4.69, 9.17) is 0 Å². The minimum Gasteiger partial charge on any atom is -0.323 e. The Bertz CT molecular complexity index is 187. The quantitative estimate of drug-likeness (QED) is 0.748. The average molecular weight is 250 g/mol.